The van der Waals surface area contributed by atoms with E-state index in [0.29, 0.717) is 0 Å². The number of aromatic nitrogens is 1. The van der Waals surface area contributed by atoms with E-state index in [1.54, 1.807) is 6.07 Å². The molecule has 0 aromatic carbocycles. The topological polar surface area (TPSA) is 94.2 Å². The lowest BCUT2D eigenvalue weighted by atomic mass is 10.2. The predicted molar refractivity (Wildman–Crippen MR) is 37.6 cm³/mol. The zero-order chi connectivity index (χ0) is 9.14. The molecule has 2 N–H and O–H groups in total. The van der Waals surface area contributed by atoms with Crippen molar-refractivity contribution in [2.45, 2.75) is 0 Å². The average Bonchev–Trinajstić information content (AvgIpc) is 2.03. The highest BCUT2D eigenvalue weighted by Crippen LogP contribution is 2.12. The minimum atomic E-state index is -1.29. The van der Waals surface area contributed by atoms with Crippen molar-refractivity contribution in [1.29, 1.82) is 5.26 Å². The second-order valence-corrected chi connectivity index (χ2v) is 2.01. The largest absolute Gasteiger partial charge is 0.506 e. The number of aromatic carboxylic acids is 1. The number of nitriles is 1. The molecule has 0 spiro atoms. The molecule has 12 heavy (non-hydrogen) atoms. The molecule has 0 aliphatic heterocycles. The van der Waals surface area contributed by atoms with E-state index in [2.05, 4.69) is 4.98 Å². The standard InChI is InChI=1S/C7H4N2O3/c8-2-4-1-5(10)3-9-6(4)7(11)12/h1,3,10H,(H,11,12). The van der Waals surface area contributed by atoms with Crippen molar-refractivity contribution in [3.63, 3.8) is 0 Å². The van der Waals surface area contributed by atoms with Crippen LogP contribution < -0.4 is 0 Å². The van der Waals surface area contributed by atoms with Gasteiger partial charge in [0.1, 0.15) is 11.8 Å². The molecule has 0 saturated carbocycles. The molecule has 60 valence electrons. The molecule has 0 aliphatic carbocycles. The summed E-state index contributed by atoms with van der Waals surface area (Å²) in [6.07, 6.45) is 0.976. The summed E-state index contributed by atoms with van der Waals surface area (Å²) >= 11 is 0. The summed E-state index contributed by atoms with van der Waals surface area (Å²) in [5, 5.41) is 25.8. The summed E-state index contributed by atoms with van der Waals surface area (Å²) in [4.78, 5) is 13.8. The molecular weight excluding hydrogens is 160 g/mol. The number of hydrogen-bond donors (Lipinski definition) is 2. The molecule has 1 aromatic rings. The van der Waals surface area contributed by atoms with Gasteiger partial charge in [-0.25, -0.2) is 9.78 Å². The number of nitrogens with zero attached hydrogens (tertiary/aromatic N) is 2. The Hall–Kier alpha value is -2.09. The van der Waals surface area contributed by atoms with E-state index < -0.39 is 5.97 Å². The summed E-state index contributed by atoms with van der Waals surface area (Å²) < 4.78 is 0. The van der Waals surface area contributed by atoms with Crippen molar-refractivity contribution in [2.24, 2.45) is 0 Å². The SMILES string of the molecule is N#Cc1cc(O)cnc1C(=O)O. The van der Waals surface area contributed by atoms with Crippen LogP contribution in [0.1, 0.15) is 16.1 Å². The Morgan fingerprint density at radius 2 is 2.33 bits per heavy atom. The smallest absolute Gasteiger partial charge is 0.355 e. The van der Waals surface area contributed by atoms with Crippen LogP contribution in [0.25, 0.3) is 0 Å². The maximum absolute atomic E-state index is 10.4. The maximum atomic E-state index is 10.4. The van der Waals surface area contributed by atoms with Crippen LogP contribution in [0.2, 0.25) is 0 Å². The molecule has 1 aromatic heterocycles. The predicted octanol–water partition coefficient (Wildman–Crippen LogP) is 0.357. The van der Waals surface area contributed by atoms with Gasteiger partial charge in [-0.05, 0) is 0 Å². The van der Waals surface area contributed by atoms with Crippen molar-refractivity contribution in [2.75, 3.05) is 0 Å². The number of carboxylic acid groups (broad SMARTS) is 1. The zero-order valence-corrected chi connectivity index (χ0v) is 5.85. The molecule has 0 amide bonds. The minimum Gasteiger partial charge on any atom is -0.506 e. The van der Waals surface area contributed by atoms with Gasteiger partial charge in [0.15, 0.2) is 5.69 Å². The van der Waals surface area contributed by atoms with Gasteiger partial charge >= 0.3 is 5.97 Å². The first-order chi connectivity index (χ1) is 5.65. The monoisotopic (exact) mass is 164 g/mol. The molecule has 0 radical (unpaired) electrons. The molecule has 1 rings (SSSR count). The van der Waals surface area contributed by atoms with Crippen LogP contribution in [-0.2, 0) is 0 Å². The lowest BCUT2D eigenvalue weighted by Gasteiger charge is -1.96. The Labute approximate surface area is 67.5 Å². The summed E-state index contributed by atoms with van der Waals surface area (Å²) in [5.74, 6) is -1.51. The lowest BCUT2D eigenvalue weighted by Crippen LogP contribution is -2.02. The average molecular weight is 164 g/mol. The van der Waals surface area contributed by atoms with E-state index in [4.69, 9.17) is 15.5 Å². The molecule has 0 aliphatic rings. The van der Waals surface area contributed by atoms with Gasteiger partial charge in [0.25, 0.3) is 0 Å². The van der Waals surface area contributed by atoms with Gasteiger partial charge in [-0.15, -0.1) is 0 Å². The Kier molecular flexibility index (Phi) is 1.92. The quantitative estimate of drug-likeness (QED) is 0.624. The summed E-state index contributed by atoms with van der Waals surface area (Å²) in [7, 11) is 0. The van der Waals surface area contributed by atoms with E-state index in [0.717, 1.165) is 12.3 Å². The highest BCUT2D eigenvalue weighted by atomic mass is 16.4. The van der Waals surface area contributed by atoms with Crippen molar-refractivity contribution < 1.29 is 15.0 Å². The molecule has 5 nitrogen and oxygen atoms in total. The molecule has 0 unspecified atom stereocenters. The van der Waals surface area contributed by atoms with Gasteiger partial charge in [0.05, 0.1) is 11.8 Å². The number of carboxylic acids is 1. The number of hydrogen-bond acceptors (Lipinski definition) is 4. The maximum Gasteiger partial charge on any atom is 0.355 e. The van der Waals surface area contributed by atoms with Gasteiger partial charge < -0.3 is 10.2 Å². The Bertz CT molecular complexity index is 367. The van der Waals surface area contributed by atoms with E-state index in [9.17, 15) is 4.79 Å². The van der Waals surface area contributed by atoms with Crippen LogP contribution in [0.4, 0.5) is 0 Å². The molecule has 0 saturated heterocycles. The van der Waals surface area contributed by atoms with Crippen LogP contribution in [0.5, 0.6) is 5.75 Å². The fourth-order valence-electron chi connectivity index (χ4n) is 0.709. The van der Waals surface area contributed by atoms with E-state index in [1.807, 2.05) is 0 Å². The third kappa shape index (κ3) is 1.32. The highest BCUT2D eigenvalue weighted by molar-refractivity contribution is 5.88. The summed E-state index contributed by atoms with van der Waals surface area (Å²) in [6, 6.07) is 2.67. The van der Waals surface area contributed by atoms with Crippen molar-refractivity contribution >= 4 is 5.97 Å². The summed E-state index contributed by atoms with van der Waals surface area (Å²) in [6.45, 7) is 0. The first-order valence-corrected chi connectivity index (χ1v) is 2.97. The summed E-state index contributed by atoms with van der Waals surface area (Å²) in [5.41, 5.74) is -0.502. The zero-order valence-electron chi connectivity index (χ0n) is 5.85. The van der Waals surface area contributed by atoms with Crippen LogP contribution in [0.15, 0.2) is 12.3 Å². The second-order valence-electron chi connectivity index (χ2n) is 2.01. The van der Waals surface area contributed by atoms with Crippen molar-refractivity contribution in [3.05, 3.63) is 23.5 Å². The molecule has 5 heteroatoms. The number of aromatic hydroxyl groups is 1. The van der Waals surface area contributed by atoms with Crippen molar-refractivity contribution in [3.8, 4) is 11.8 Å². The first kappa shape index (κ1) is 8.01. The van der Waals surface area contributed by atoms with Crippen LogP contribution in [-0.4, -0.2) is 21.2 Å². The minimum absolute atomic E-state index is 0.150. The Morgan fingerprint density at radius 3 is 2.83 bits per heavy atom. The number of carbonyl (C=O) groups is 1. The molecule has 1 heterocycles. The van der Waals surface area contributed by atoms with Gasteiger partial charge in [-0.3, -0.25) is 0 Å². The molecular formula is C7H4N2O3. The van der Waals surface area contributed by atoms with E-state index in [-0.39, 0.29) is 17.0 Å². The fraction of sp³-hybridized carbons (Fsp3) is 0. The normalized spacial score (nSPS) is 8.92. The van der Waals surface area contributed by atoms with Crippen LogP contribution in [0.3, 0.4) is 0 Å². The van der Waals surface area contributed by atoms with E-state index in [1.165, 1.54) is 0 Å². The Morgan fingerprint density at radius 1 is 1.67 bits per heavy atom. The first-order valence-electron chi connectivity index (χ1n) is 2.97. The van der Waals surface area contributed by atoms with E-state index >= 15 is 0 Å². The van der Waals surface area contributed by atoms with Crippen molar-refractivity contribution in [1.82, 2.24) is 4.98 Å². The highest BCUT2D eigenvalue weighted by Gasteiger charge is 2.11. The van der Waals surface area contributed by atoms with Gasteiger partial charge in [0.2, 0.25) is 0 Å². The number of pyridine rings is 1. The second kappa shape index (κ2) is 2.88. The Balaban J connectivity index is 3.32. The molecule has 0 atom stereocenters. The third-order valence-corrected chi connectivity index (χ3v) is 1.20. The molecule has 0 bridgehead atoms. The van der Waals surface area contributed by atoms with Crippen LogP contribution >= 0.6 is 0 Å². The molecule has 0 fully saturated rings. The van der Waals surface area contributed by atoms with Gasteiger partial charge in [0, 0.05) is 6.07 Å². The number of rotatable bonds is 1. The van der Waals surface area contributed by atoms with Crippen LogP contribution in [0, 0.1) is 11.3 Å². The third-order valence-electron chi connectivity index (χ3n) is 1.20. The van der Waals surface area contributed by atoms with Gasteiger partial charge in [-0.2, -0.15) is 5.26 Å². The lowest BCUT2D eigenvalue weighted by molar-refractivity contribution is 0.0690. The van der Waals surface area contributed by atoms with Gasteiger partial charge in [-0.1, -0.05) is 0 Å². The fourth-order valence-corrected chi connectivity index (χ4v) is 0.709.